The summed E-state index contributed by atoms with van der Waals surface area (Å²) in [5.74, 6) is 1.80. The Hall–Kier alpha value is -6.59. The normalized spacial score (nSPS) is 11.8. The Labute approximate surface area is 274 Å². The lowest BCUT2D eigenvalue weighted by Gasteiger charge is -2.11. The summed E-state index contributed by atoms with van der Waals surface area (Å²) in [6.45, 7) is 0. The SMILES string of the molecule is c1ccc(-c2cccc(-c3nc(-c4ccc5c(ccc6oc7ccccc7c65)c4)nc(-c4cccc5oc6ccccc6c45)n3)c2)cc1. The molecule has 224 valence electrons. The highest BCUT2D eigenvalue weighted by molar-refractivity contribution is 6.19. The second-order valence-electron chi connectivity index (χ2n) is 12.0. The van der Waals surface area contributed by atoms with E-state index >= 15 is 0 Å². The van der Waals surface area contributed by atoms with E-state index in [-0.39, 0.29) is 0 Å². The van der Waals surface area contributed by atoms with Crippen molar-refractivity contribution in [2.45, 2.75) is 0 Å². The third kappa shape index (κ3) is 4.22. The van der Waals surface area contributed by atoms with Gasteiger partial charge >= 0.3 is 0 Å². The molecule has 0 amide bonds. The first-order chi connectivity index (χ1) is 23.8. The second-order valence-corrected chi connectivity index (χ2v) is 12.0. The molecule has 0 N–H and O–H groups in total. The van der Waals surface area contributed by atoms with Crippen LogP contribution in [0, 0.1) is 0 Å². The van der Waals surface area contributed by atoms with Gasteiger partial charge in [-0.05, 0) is 58.3 Å². The van der Waals surface area contributed by atoms with Crippen molar-refractivity contribution in [3.8, 4) is 45.3 Å². The fourth-order valence-corrected chi connectivity index (χ4v) is 6.88. The number of benzene rings is 7. The van der Waals surface area contributed by atoms with Gasteiger partial charge in [-0.3, -0.25) is 0 Å². The van der Waals surface area contributed by atoms with E-state index in [1.54, 1.807) is 0 Å². The van der Waals surface area contributed by atoms with Crippen LogP contribution in [0.25, 0.3) is 99.9 Å². The van der Waals surface area contributed by atoms with Crippen molar-refractivity contribution in [1.29, 1.82) is 0 Å². The van der Waals surface area contributed by atoms with Crippen LogP contribution in [0.15, 0.2) is 160 Å². The molecule has 3 heterocycles. The van der Waals surface area contributed by atoms with Crippen molar-refractivity contribution in [2.24, 2.45) is 0 Å². The topological polar surface area (TPSA) is 65.0 Å². The third-order valence-electron chi connectivity index (χ3n) is 9.12. The highest BCUT2D eigenvalue weighted by atomic mass is 16.3. The lowest BCUT2D eigenvalue weighted by atomic mass is 10.0. The summed E-state index contributed by atoms with van der Waals surface area (Å²) >= 11 is 0. The zero-order chi connectivity index (χ0) is 31.6. The highest BCUT2D eigenvalue weighted by Crippen LogP contribution is 2.38. The van der Waals surface area contributed by atoms with Gasteiger partial charge < -0.3 is 8.83 Å². The monoisotopic (exact) mass is 615 g/mol. The molecule has 10 aromatic rings. The van der Waals surface area contributed by atoms with E-state index < -0.39 is 0 Å². The molecule has 5 nitrogen and oxygen atoms in total. The molecule has 5 heteroatoms. The fourth-order valence-electron chi connectivity index (χ4n) is 6.88. The summed E-state index contributed by atoms with van der Waals surface area (Å²) in [5, 5.41) is 6.45. The number of aromatic nitrogens is 3. The van der Waals surface area contributed by atoms with Crippen LogP contribution in [-0.4, -0.2) is 15.0 Å². The Bertz CT molecular complexity index is 2850. The minimum absolute atomic E-state index is 0.591. The molecule has 0 aliphatic carbocycles. The summed E-state index contributed by atoms with van der Waals surface area (Å²) < 4.78 is 12.4. The molecule has 3 aromatic heterocycles. The Kier molecular flexibility index (Phi) is 5.81. The first-order valence-electron chi connectivity index (χ1n) is 15.9. The molecule has 0 unspecified atom stereocenters. The maximum absolute atomic E-state index is 6.24. The number of para-hydroxylation sites is 2. The Morgan fingerprint density at radius 3 is 1.71 bits per heavy atom. The molecule has 0 aliphatic rings. The fraction of sp³-hybridized carbons (Fsp3) is 0. The van der Waals surface area contributed by atoms with E-state index in [1.807, 2.05) is 54.6 Å². The predicted octanol–water partition coefficient (Wildman–Crippen LogP) is 11.5. The van der Waals surface area contributed by atoms with E-state index in [0.29, 0.717) is 17.5 Å². The first-order valence-corrected chi connectivity index (χ1v) is 15.9. The van der Waals surface area contributed by atoms with Crippen LogP contribution in [0.5, 0.6) is 0 Å². The maximum atomic E-state index is 6.24. The number of nitrogens with zero attached hydrogens (tertiary/aromatic N) is 3. The van der Waals surface area contributed by atoms with Gasteiger partial charge in [0.05, 0.1) is 0 Å². The van der Waals surface area contributed by atoms with Crippen LogP contribution in [0.4, 0.5) is 0 Å². The van der Waals surface area contributed by atoms with E-state index in [2.05, 4.69) is 97.1 Å². The van der Waals surface area contributed by atoms with Crippen molar-refractivity contribution < 1.29 is 8.83 Å². The van der Waals surface area contributed by atoms with E-state index in [4.69, 9.17) is 23.8 Å². The smallest absolute Gasteiger partial charge is 0.164 e. The highest BCUT2D eigenvalue weighted by Gasteiger charge is 2.19. The van der Waals surface area contributed by atoms with Gasteiger partial charge in [-0.1, -0.05) is 115 Å². The average molecular weight is 616 g/mol. The molecule has 0 spiro atoms. The zero-order valence-corrected chi connectivity index (χ0v) is 25.6. The van der Waals surface area contributed by atoms with Gasteiger partial charge in [0.15, 0.2) is 17.5 Å². The molecule has 10 rings (SSSR count). The van der Waals surface area contributed by atoms with E-state index in [1.165, 1.54) is 0 Å². The van der Waals surface area contributed by atoms with Crippen molar-refractivity contribution >= 4 is 54.6 Å². The van der Waals surface area contributed by atoms with Crippen molar-refractivity contribution in [3.63, 3.8) is 0 Å². The Balaban J connectivity index is 1.20. The maximum Gasteiger partial charge on any atom is 0.164 e. The van der Waals surface area contributed by atoms with Crippen molar-refractivity contribution in [3.05, 3.63) is 152 Å². The molecule has 0 radical (unpaired) electrons. The number of furan rings is 2. The minimum atomic E-state index is 0.591. The molecule has 7 aromatic carbocycles. The van der Waals surface area contributed by atoms with Gasteiger partial charge in [-0.2, -0.15) is 0 Å². The average Bonchev–Trinajstić information content (AvgIpc) is 3.74. The first kappa shape index (κ1) is 26.6. The standard InChI is InChI=1S/C43H25N3O2/c1-2-10-26(11-3-1)27-12-8-13-29(24-27)41-44-42(46-43(45-41)34-16-9-19-37-40(34)33-15-5-7-18-36(33)47-37)30-20-22-31-28(25-30)21-23-38-39(31)32-14-4-6-17-35(32)48-38/h1-25H. The van der Waals surface area contributed by atoms with Gasteiger partial charge in [0, 0.05) is 38.2 Å². The summed E-state index contributed by atoms with van der Waals surface area (Å²) in [6, 6.07) is 51.6. The molecule has 0 saturated carbocycles. The van der Waals surface area contributed by atoms with Gasteiger partial charge in [0.25, 0.3) is 0 Å². The van der Waals surface area contributed by atoms with Gasteiger partial charge in [-0.15, -0.1) is 0 Å². The van der Waals surface area contributed by atoms with Crippen LogP contribution in [0.3, 0.4) is 0 Å². The molecule has 0 atom stereocenters. The lowest BCUT2D eigenvalue weighted by molar-refractivity contribution is 0.668. The largest absolute Gasteiger partial charge is 0.456 e. The lowest BCUT2D eigenvalue weighted by Crippen LogP contribution is -2.00. The van der Waals surface area contributed by atoms with E-state index in [0.717, 1.165) is 82.5 Å². The van der Waals surface area contributed by atoms with Gasteiger partial charge in [0.2, 0.25) is 0 Å². The second kappa shape index (κ2) is 10.5. The third-order valence-corrected chi connectivity index (χ3v) is 9.12. The van der Waals surface area contributed by atoms with Crippen LogP contribution in [0.2, 0.25) is 0 Å². The van der Waals surface area contributed by atoms with Gasteiger partial charge in [0.1, 0.15) is 22.3 Å². The van der Waals surface area contributed by atoms with Crippen LogP contribution in [0.1, 0.15) is 0 Å². The molecule has 0 saturated heterocycles. The molecular weight excluding hydrogens is 590 g/mol. The summed E-state index contributed by atoms with van der Waals surface area (Å²) in [6.07, 6.45) is 0. The minimum Gasteiger partial charge on any atom is -0.456 e. The van der Waals surface area contributed by atoms with Crippen LogP contribution in [-0.2, 0) is 0 Å². The molecule has 48 heavy (non-hydrogen) atoms. The molecule has 0 fully saturated rings. The molecule has 0 aliphatic heterocycles. The zero-order valence-electron chi connectivity index (χ0n) is 25.6. The predicted molar refractivity (Wildman–Crippen MR) is 194 cm³/mol. The van der Waals surface area contributed by atoms with E-state index in [9.17, 15) is 0 Å². The Morgan fingerprint density at radius 1 is 0.333 bits per heavy atom. The molecule has 0 bridgehead atoms. The number of rotatable bonds is 4. The van der Waals surface area contributed by atoms with Crippen LogP contribution < -0.4 is 0 Å². The molecular formula is C43H25N3O2. The number of hydrogen-bond donors (Lipinski definition) is 0. The Morgan fingerprint density at radius 2 is 0.917 bits per heavy atom. The van der Waals surface area contributed by atoms with Gasteiger partial charge in [-0.25, -0.2) is 15.0 Å². The van der Waals surface area contributed by atoms with Crippen molar-refractivity contribution in [1.82, 2.24) is 15.0 Å². The number of fused-ring (bicyclic) bond motifs is 8. The number of hydrogen-bond acceptors (Lipinski definition) is 5. The summed E-state index contributed by atoms with van der Waals surface area (Å²) in [7, 11) is 0. The summed E-state index contributed by atoms with van der Waals surface area (Å²) in [4.78, 5) is 15.4. The quantitative estimate of drug-likeness (QED) is 0.197. The van der Waals surface area contributed by atoms with Crippen LogP contribution >= 0.6 is 0 Å². The summed E-state index contributed by atoms with van der Waals surface area (Å²) in [5.41, 5.74) is 8.34. The van der Waals surface area contributed by atoms with Crippen molar-refractivity contribution in [2.75, 3.05) is 0 Å².